The lowest BCUT2D eigenvalue weighted by Gasteiger charge is -2.33. The number of pyridine rings is 1. The highest BCUT2D eigenvalue weighted by molar-refractivity contribution is 5.95. The van der Waals surface area contributed by atoms with E-state index in [1.165, 1.54) is 6.92 Å². The first-order valence-corrected chi connectivity index (χ1v) is 14.0. The van der Waals surface area contributed by atoms with Crippen molar-refractivity contribution in [1.29, 1.82) is 5.26 Å². The van der Waals surface area contributed by atoms with Gasteiger partial charge in [-0.1, -0.05) is 18.2 Å². The van der Waals surface area contributed by atoms with E-state index in [0.717, 1.165) is 47.4 Å². The summed E-state index contributed by atoms with van der Waals surface area (Å²) in [7, 11) is 3.41. The number of aromatic amines is 1. The zero-order valence-electron chi connectivity index (χ0n) is 24.0. The standard InChI is InChI=1S/C31H39N5O5/c1-22(37)31(38)36-11-8-26(9-12-36)41-29-7-6-24(18-25(29)19-32)28-21-34-30-27(28)17-23(20-33-30)5-4-10-35(13-15-39-2)14-16-40-3/h4-7,17-18,20-22,26,37H,8-16H2,1-3H3,(H,33,34). The number of carbonyl (C=O) groups is 1. The number of hydrogen-bond acceptors (Lipinski definition) is 8. The minimum atomic E-state index is -1.00. The first-order chi connectivity index (χ1) is 19.9. The van der Waals surface area contributed by atoms with Gasteiger partial charge >= 0.3 is 0 Å². The molecule has 2 N–H and O–H groups in total. The van der Waals surface area contributed by atoms with E-state index in [2.05, 4.69) is 39.2 Å². The molecule has 1 amide bonds. The average Bonchev–Trinajstić information content (AvgIpc) is 3.41. The van der Waals surface area contributed by atoms with Gasteiger partial charge in [0, 0.05) is 83.1 Å². The predicted molar refractivity (Wildman–Crippen MR) is 157 cm³/mol. The van der Waals surface area contributed by atoms with E-state index < -0.39 is 6.10 Å². The van der Waals surface area contributed by atoms with Crippen LogP contribution in [0.3, 0.4) is 0 Å². The second kappa shape index (κ2) is 14.8. The number of fused-ring (bicyclic) bond motifs is 1. The molecule has 1 atom stereocenters. The van der Waals surface area contributed by atoms with Gasteiger partial charge in [-0.25, -0.2) is 4.98 Å². The zero-order chi connectivity index (χ0) is 29.2. The first-order valence-electron chi connectivity index (χ1n) is 14.0. The van der Waals surface area contributed by atoms with Crippen molar-refractivity contribution in [1.82, 2.24) is 19.8 Å². The van der Waals surface area contributed by atoms with E-state index in [1.54, 1.807) is 19.1 Å². The quantitative estimate of drug-likeness (QED) is 0.325. The number of methoxy groups -OCH3 is 2. The normalized spacial score (nSPS) is 15.1. The van der Waals surface area contributed by atoms with Crippen LogP contribution in [-0.2, 0) is 14.3 Å². The number of hydrogen-bond donors (Lipinski definition) is 2. The summed E-state index contributed by atoms with van der Waals surface area (Å²) in [6, 6.07) is 10.0. The van der Waals surface area contributed by atoms with Gasteiger partial charge in [0.1, 0.15) is 29.7 Å². The molecular weight excluding hydrogens is 522 g/mol. The number of amides is 1. The SMILES string of the molecule is COCCN(CC=Cc1cnc2[nH]cc(-c3ccc(OC4CCN(C(=O)C(C)O)CC4)c(C#N)c3)c2c1)CCOC. The van der Waals surface area contributed by atoms with Crippen LogP contribution >= 0.6 is 0 Å². The van der Waals surface area contributed by atoms with Crippen LogP contribution in [0.4, 0.5) is 0 Å². The number of nitrogens with zero attached hydrogens (tertiary/aromatic N) is 4. The zero-order valence-corrected chi connectivity index (χ0v) is 24.0. The molecule has 1 unspecified atom stereocenters. The average molecular weight is 562 g/mol. The van der Waals surface area contributed by atoms with Gasteiger partial charge in [-0.2, -0.15) is 5.26 Å². The summed E-state index contributed by atoms with van der Waals surface area (Å²) in [5.41, 5.74) is 4.06. The van der Waals surface area contributed by atoms with E-state index >= 15 is 0 Å². The van der Waals surface area contributed by atoms with E-state index in [1.807, 2.05) is 30.6 Å². The van der Waals surface area contributed by atoms with Gasteiger partial charge in [0.05, 0.1) is 18.8 Å². The van der Waals surface area contributed by atoms with Crippen LogP contribution in [0.15, 0.2) is 42.7 Å². The lowest BCUT2D eigenvalue weighted by molar-refractivity contribution is -0.141. The minimum absolute atomic E-state index is 0.0995. The molecule has 1 saturated heterocycles. The van der Waals surface area contributed by atoms with Gasteiger partial charge in [-0.15, -0.1) is 0 Å². The molecule has 0 aliphatic carbocycles. The molecule has 3 aromatic rings. The van der Waals surface area contributed by atoms with Gasteiger partial charge in [0.25, 0.3) is 5.91 Å². The van der Waals surface area contributed by atoms with E-state index in [-0.39, 0.29) is 12.0 Å². The molecule has 0 radical (unpaired) electrons. The van der Waals surface area contributed by atoms with Crippen molar-refractivity contribution in [3.8, 4) is 22.9 Å². The van der Waals surface area contributed by atoms with E-state index in [4.69, 9.17) is 14.2 Å². The van der Waals surface area contributed by atoms with Crippen LogP contribution in [0.1, 0.15) is 30.9 Å². The van der Waals surface area contributed by atoms with Crippen LogP contribution in [0.2, 0.25) is 0 Å². The summed E-state index contributed by atoms with van der Waals surface area (Å²) >= 11 is 0. The number of likely N-dealkylation sites (tertiary alicyclic amines) is 1. The number of benzene rings is 1. The fourth-order valence-corrected chi connectivity index (χ4v) is 4.95. The fourth-order valence-electron chi connectivity index (χ4n) is 4.95. The second-order valence-corrected chi connectivity index (χ2v) is 10.2. The summed E-state index contributed by atoms with van der Waals surface area (Å²) in [6.45, 7) is 6.27. The third-order valence-electron chi connectivity index (χ3n) is 7.27. The number of piperidine rings is 1. The van der Waals surface area contributed by atoms with E-state index in [0.29, 0.717) is 50.5 Å². The predicted octanol–water partition coefficient (Wildman–Crippen LogP) is 3.46. The Bertz CT molecular complexity index is 1360. The van der Waals surface area contributed by atoms with Gasteiger partial charge < -0.3 is 29.2 Å². The van der Waals surface area contributed by atoms with Gasteiger partial charge in [0.15, 0.2) is 0 Å². The second-order valence-electron chi connectivity index (χ2n) is 10.2. The summed E-state index contributed by atoms with van der Waals surface area (Å²) < 4.78 is 16.6. The number of ether oxygens (including phenoxy) is 3. The molecule has 0 spiro atoms. The van der Waals surface area contributed by atoms with Crippen molar-refractivity contribution in [2.75, 3.05) is 60.2 Å². The number of nitriles is 1. The summed E-state index contributed by atoms with van der Waals surface area (Å²) in [6.07, 6.45) is 8.12. The van der Waals surface area contributed by atoms with Crippen LogP contribution < -0.4 is 4.74 Å². The molecule has 2 aromatic heterocycles. The molecule has 41 heavy (non-hydrogen) atoms. The van der Waals surface area contributed by atoms with Crippen LogP contribution in [-0.4, -0.2) is 103 Å². The van der Waals surface area contributed by atoms with Gasteiger partial charge in [-0.05, 0) is 36.2 Å². The van der Waals surface area contributed by atoms with Crippen molar-refractivity contribution in [3.63, 3.8) is 0 Å². The summed E-state index contributed by atoms with van der Waals surface area (Å²) in [4.78, 5) is 23.8. The number of aliphatic hydroxyl groups excluding tert-OH is 1. The Balaban J connectivity index is 1.46. The molecule has 218 valence electrons. The number of aliphatic hydroxyl groups is 1. The minimum Gasteiger partial charge on any atom is -0.489 e. The number of H-pyrrole nitrogens is 1. The van der Waals surface area contributed by atoms with E-state index in [9.17, 15) is 15.2 Å². The molecule has 0 saturated carbocycles. The summed E-state index contributed by atoms with van der Waals surface area (Å²) in [5, 5.41) is 20.4. The van der Waals surface area contributed by atoms with Crippen molar-refractivity contribution < 1.29 is 24.1 Å². The Morgan fingerprint density at radius 2 is 1.98 bits per heavy atom. The number of aromatic nitrogens is 2. The maximum absolute atomic E-state index is 12.0. The van der Waals surface area contributed by atoms with Crippen LogP contribution in [0.5, 0.6) is 5.75 Å². The number of rotatable bonds is 13. The maximum Gasteiger partial charge on any atom is 0.251 e. The number of nitrogens with one attached hydrogen (secondary N) is 1. The Kier molecular flexibility index (Phi) is 10.9. The smallest absolute Gasteiger partial charge is 0.251 e. The molecule has 3 heterocycles. The first kappa shape index (κ1) is 30.2. The molecule has 1 fully saturated rings. The maximum atomic E-state index is 12.0. The van der Waals surface area contributed by atoms with Crippen molar-refractivity contribution in [3.05, 3.63) is 53.9 Å². The van der Waals surface area contributed by atoms with Crippen molar-refractivity contribution in [2.45, 2.75) is 32.0 Å². The highest BCUT2D eigenvalue weighted by Crippen LogP contribution is 2.33. The molecule has 1 aromatic carbocycles. The highest BCUT2D eigenvalue weighted by Gasteiger charge is 2.26. The molecule has 10 heteroatoms. The lowest BCUT2D eigenvalue weighted by Crippen LogP contribution is -2.45. The van der Waals surface area contributed by atoms with Crippen LogP contribution in [0, 0.1) is 11.3 Å². The monoisotopic (exact) mass is 561 g/mol. The Hall–Kier alpha value is -3.75. The largest absolute Gasteiger partial charge is 0.489 e. The summed E-state index contributed by atoms with van der Waals surface area (Å²) in [5.74, 6) is 0.271. The third-order valence-corrected chi connectivity index (χ3v) is 7.27. The Labute approximate surface area is 241 Å². The third kappa shape index (κ3) is 7.93. The lowest BCUT2D eigenvalue weighted by atomic mass is 10.0. The fraction of sp³-hybridized carbons (Fsp3) is 0.452. The topological polar surface area (TPSA) is 124 Å². The van der Waals surface area contributed by atoms with Crippen molar-refractivity contribution in [2.24, 2.45) is 0 Å². The Morgan fingerprint density at radius 3 is 2.63 bits per heavy atom. The molecule has 4 rings (SSSR count). The van der Waals surface area contributed by atoms with Gasteiger partial charge in [-0.3, -0.25) is 9.69 Å². The van der Waals surface area contributed by atoms with Gasteiger partial charge in [0.2, 0.25) is 0 Å². The number of carbonyl (C=O) groups excluding carboxylic acids is 1. The molecule has 1 aliphatic rings. The van der Waals surface area contributed by atoms with Crippen molar-refractivity contribution >= 4 is 23.0 Å². The Morgan fingerprint density at radius 1 is 1.24 bits per heavy atom. The molecule has 0 bridgehead atoms. The highest BCUT2D eigenvalue weighted by atomic mass is 16.5. The molecule has 10 nitrogen and oxygen atoms in total. The van der Waals surface area contributed by atoms with Crippen LogP contribution in [0.25, 0.3) is 28.2 Å². The molecule has 1 aliphatic heterocycles. The molecular formula is C31H39N5O5.